The minimum atomic E-state index is -0.676. The SMILES string of the molecule is Cc1nccn1CCC(C)(NC(C)C)C(N)=O. The van der Waals surface area contributed by atoms with Crippen molar-refractivity contribution in [3.05, 3.63) is 18.2 Å². The predicted molar refractivity (Wildman–Crippen MR) is 67.5 cm³/mol. The van der Waals surface area contributed by atoms with Crippen LogP contribution in [0.2, 0.25) is 0 Å². The molecule has 1 unspecified atom stereocenters. The van der Waals surface area contributed by atoms with Crippen LogP contribution >= 0.6 is 0 Å². The Morgan fingerprint density at radius 3 is 2.71 bits per heavy atom. The number of nitrogens with one attached hydrogen (secondary N) is 1. The highest BCUT2D eigenvalue weighted by Crippen LogP contribution is 2.12. The fraction of sp³-hybridized carbons (Fsp3) is 0.667. The lowest BCUT2D eigenvalue weighted by Gasteiger charge is -2.30. The van der Waals surface area contributed by atoms with Crippen LogP contribution in [-0.4, -0.2) is 27.0 Å². The van der Waals surface area contributed by atoms with Gasteiger partial charge in [0.05, 0.1) is 5.54 Å². The number of aryl methyl sites for hydroxylation is 2. The summed E-state index contributed by atoms with van der Waals surface area (Å²) in [6.07, 6.45) is 4.32. The van der Waals surface area contributed by atoms with E-state index < -0.39 is 5.54 Å². The molecule has 1 heterocycles. The first-order valence-corrected chi connectivity index (χ1v) is 5.90. The van der Waals surface area contributed by atoms with Gasteiger partial charge in [-0.05, 0) is 34.1 Å². The Balaban J connectivity index is 2.68. The second-order valence-electron chi connectivity index (χ2n) is 4.91. The molecule has 0 radical (unpaired) electrons. The van der Waals surface area contributed by atoms with E-state index in [4.69, 9.17) is 5.73 Å². The maximum Gasteiger partial charge on any atom is 0.237 e. The van der Waals surface area contributed by atoms with Crippen LogP contribution in [-0.2, 0) is 11.3 Å². The highest BCUT2D eigenvalue weighted by Gasteiger charge is 2.31. The lowest BCUT2D eigenvalue weighted by molar-refractivity contribution is -0.124. The van der Waals surface area contributed by atoms with E-state index in [-0.39, 0.29) is 11.9 Å². The minimum Gasteiger partial charge on any atom is -0.368 e. The van der Waals surface area contributed by atoms with Gasteiger partial charge in [0.2, 0.25) is 5.91 Å². The van der Waals surface area contributed by atoms with Crippen molar-refractivity contribution in [2.24, 2.45) is 5.73 Å². The molecule has 1 amide bonds. The molecule has 1 aromatic rings. The monoisotopic (exact) mass is 238 g/mol. The molecule has 3 N–H and O–H groups in total. The molecule has 5 heteroatoms. The van der Waals surface area contributed by atoms with Gasteiger partial charge in [-0.15, -0.1) is 0 Å². The van der Waals surface area contributed by atoms with E-state index in [1.807, 2.05) is 38.5 Å². The van der Waals surface area contributed by atoms with E-state index in [1.54, 1.807) is 6.20 Å². The third-order valence-electron chi connectivity index (χ3n) is 2.93. The summed E-state index contributed by atoms with van der Waals surface area (Å²) in [5.74, 6) is 0.630. The van der Waals surface area contributed by atoms with Crippen LogP contribution < -0.4 is 11.1 Å². The summed E-state index contributed by atoms with van der Waals surface area (Å²) < 4.78 is 2.02. The largest absolute Gasteiger partial charge is 0.368 e. The van der Waals surface area contributed by atoms with Crippen molar-refractivity contribution in [3.63, 3.8) is 0 Å². The first-order chi connectivity index (χ1) is 7.85. The number of amides is 1. The van der Waals surface area contributed by atoms with Crippen LogP contribution in [0.25, 0.3) is 0 Å². The van der Waals surface area contributed by atoms with E-state index in [9.17, 15) is 4.79 Å². The van der Waals surface area contributed by atoms with Crippen molar-refractivity contribution in [1.29, 1.82) is 0 Å². The summed E-state index contributed by atoms with van der Waals surface area (Å²) in [5, 5.41) is 3.23. The van der Waals surface area contributed by atoms with Gasteiger partial charge in [0.25, 0.3) is 0 Å². The summed E-state index contributed by atoms with van der Waals surface area (Å²) >= 11 is 0. The van der Waals surface area contributed by atoms with Gasteiger partial charge in [0, 0.05) is 25.0 Å². The molecule has 0 spiro atoms. The van der Waals surface area contributed by atoms with Gasteiger partial charge in [-0.2, -0.15) is 0 Å². The Labute approximate surface area is 102 Å². The first-order valence-electron chi connectivity index (χ1n) is 5.90. The van der Waals surface area contributed by atoms with Gasteiger partial charge in [-0.3, -0.25) is 4.79 Å². The molecular weight excluding hydrogens is 216 g/mol. The van der Waals surface area contributed by atoms with Gasteiger partial charge in [0.15, 0.2) is 0 Å². The topological polar surface area (TPSA) is 72.9 Å². The molecule has 0 aliphatic heterocycles. The highest BCUT2D eigenvalue weighted by atomic mass is 16.1. The zero-order chi connectivity index (χ0) is 13.1. The molecule has 5 nitrogen and oxygen atoms in total. The quantitative estimate of drug-likeness (QED) is 0.770. The molecule has 0 aliphatic carbocycles. The number of aromatic nitrogens is 2. The molecule has 0 saturated carbocycles. The summed E-state index contributed by atoms with van der Waals surface area (Å²) in [5.41, 5.74) is 4.79. The van der Waals surface area contributed by atoms with Crippen LogP contribution in [0.3, 0.4) is 0 Å². The third kappa shape index (κ3) is 3.56. The van der Waals surface area contributed by atoms with Crippen LogP contribution in [0.5, 0.6) is 0 Å². The van der Waals surface area contributed by atoms with Crippen LogP contribution in [0.4, 0.5) is 0 Å². The van der Waals surface area contributed by atoms with Crippen molar-refractivity contribution in [2.45, 2.75) is 52.2 Å². The molecule has 0 saturated heterocycles. The lowest BCUT2D eigenvalue weighted by Crippen LogP contribution is -2.55. The average molecular weight is 238 g/mol. The van der Waals surface area contributed by atoms with Gasteiger partial charge >= 0.3 is 0 Å². The van der Waals surface area contributed by atoms with Crippen LogP contribution in [0.1, 0.15) is 33.0 Å². The van der Waals surface area contributed by atoms with E-state index in [1.165, 1.54) is 0 Å². The number of carbonyl (C=O) groups excluding carboxylic acids is 1. The number of carbonyl (C=O) groups is 1. The Morgan fingerprint density at radius 2 is 2.29 bits per heavy atom. The maximum atomic E-state index is 11.5. The number of hydrogen-bond donors (Lipinski definition) is 2. The van der Waals surface area contributed by atoms with Gasteiger partial charge in [-0.25, -0.2) is 4.98 Å². The fourth-order valence-electron chi connectivity index (χ4n) is 1.89. The van der Waals surface area contributed by atoms with E-state index in [2.05, 4.69) is 10.3 Å². The standard InChI is InChI=1S/C12H22N4O/c1-9(2)15-12(4,11(13)17)5-7-16-8-6-14-10(16)3/h6,8-9,15H,5,7H2,1-4H3,(H2,13,17). The molecule has 0 fully saturated rings. The molecular formula is C12H22N4O. The summed E-state index contributed by atoms with van der Waals surface area (Å²) in [7, 11) is 0. The lowest BCUT2D eigenvalue weighted by atomic mass is 9.95. The van der Waals surface area contributed by atoms with E-state index >= 15 is 0 Å². The van der Waals surface area contributed by atoms with Gasteiger partial charge in [-0.1, -0.05) is 0 Å². The molecule has 0 bridgehead atoms. The number of rotatable bonds is 6. The molecule has 0 aromatic carbocycles. The normalized spacial score (nSPS) is 14.9. The van der Waals surface area contributed by atoms with Crippen molar-refractivity contribution >= 4 is 5.91 Å². The second-order valence-corrected chi connectivity index (χ2v) is 4.91. The van der Waals surface area contributed by atoms with Crippen molar-refractivity contribution < 1.29 is 4.79 Å². The molecule has 96 valence electrons. The number of primary amides is 1. The van der Waals surface area contributed by atoms with Crippen LogP contribution in [0.15, 0.2) is 12.4 Å². The molecule has 1 aromatic heterocycles. The Morgan fingerprint density at radius 1 is 1.65 bits per heavy atom. The highest BCUT2D eigenvalue weighted by molar-refractivity contribution is 5.84. The number of hydrogen-bond acceptors (Lipinski definition) is 3. The van der Waals surface area contributed by atoms with E-state index in [0.29, 0.717) is 6.42 Å². The smallest absolute Gasteiger partial charge is 0.237 e. The molecule has 17 heavy (non-hydrogen) atoms. The Hall–Kier alpha value is -1.36. The Bertz CT molecular complexity index is 386. The zero-order valence-electron chi connectivity index (χ0n) is 11.0. The Kier molecular flexibility index (Phi) is 4.28. The molecule has 1 rings (SSSR count). The van der Waals surface area contributed by atoms with Gasteiger partial charge in [0.1, 0.15) is 5.82 Å². The minimum absolute atomic E-state index is 0.219. The van der Waals surface area contributed by atoms with Crippen molar-refractivity contribution in [2.75, 3.05) is 0 Å². The number of nitrogens with zero attached hydrogens (tertiary/aromatic N) is 2. The number of nitrogens with two attached hydrogens (primary N) is 1. The van der Waals surface area contributed by atoms with Gasteiger partial charge < -0.3 is 15.6 Å². The first kappa shape index (κ1) is 13.7. The molecule has 1 atom stereocenters. The van der Waals surface area contributed by atoms with Crippen molar-refractivity contribution in [1.82, 2.24) is 14.9 Å². The van der Waals surface area contributed by atoms with Crippen molar-refractivity contribution in [3.8, 4) is 0 Å². The van der Waals surface area contributed by atoms with E-state index in [0.717, 1.165) is 12.4 Å². The predicted octanol–water partition coefficient (Wildman–Crippen LogP) is 0.824. The average Bonchev–Trinajstić information content (AvgIpc) is 2.60. The molecule has 0 aliphatic rings. The van der Waals surface area contributed by atoms with Crippen LogP contribution in [0, 0.1) is 6.92 Å². The fourth-order valence-corrected chi connectivity index (χ4v) is 1.89. The zero-order valence-corrected chi connectivity index (χ0v) is 11.0. The third-order valence-corrected chi connectivity index (χ3v) is 2.93. The summed E-state index contributed by atoms with van der Waals surface area (Å²) in [6.45, 7) is 8.53. The summed E-state index contributed by atoms with van der Waals surface area (Å²) in [6, 6.07) is 0.219. The second kappa shape index (κ2) is 5.31. The summed E-state index contributed by atoms with van der Waals surface area (Å²) in [4.78, 5) is 15.7. The maximum absolute atomic E-state index is 11.5. The number of imidazole rings is 1.